The molecule has 0 aliphatic carbocycles. The third-order valence-electron chi connectivity index (χ3n) is 4.06. The molecule has 0 fully saturated rings. The van der Waals surface area contributed by atoms with Crippen molar-refractivity contribution in [1.82, 2.24) is 0 Å². The molecule has 1 atom stereocenters. The number of nitrogens with one attached hydrogen (secondary N) is 1. The molecule has 2 rings (SSSR count). The van der Waals surface area contributed by atoms with E-state index in [2.05, 4.69) is 0 Å². The number of amides is 1. The van der Waals surface area contributed by atoms with Gasteiger partial charge < -0.3 is 10.4 Å². The first kappa shape index (κ1) is 24.1. The molecule has 0 bridgehead atoms. The standard InChI is InChI=1S/C17H15ClF3NO6S2/c1-16(24,17(19,20)21)15(23)22-14-8-7-12(9-13(14)18)30(27,28)11-5-3-10(4-6-11)29(2,25)26/h3-9,24H,1-2H3,(H,22,23)/t16-/m1/s1. The number of anilines is 1. The number of halogens is 4. The summed E-state index contributed by atoms with van der Waals surface area (Å²) >= 11 is 5.90. The molecule has 0 radical (unpaired) electrons. The zero-order chi connectivity index (χ0) is 23.1. The minimum absolute atomic E-state index is 0.0886. The second-order valence-electron chi connectivity index (χ2n) is 6.41. The first-order valence-corrected chi connectivity index (χ1v) is 11.7. The Kier molecular flexibility index (Phi) is 6.30. The fourth-order valence-electron chi connectivity index (χ4n) is 2.14. The van der Waals surface area contributed by atoms with Crippen molar-refractivity contribution in [3.05, 3.63) is 47.5 Å². The van der Waals surface area contributed by atoms with Crippen LogP contribution in [0.1, 0.15) is 6.92 Å². The lowest BCUT2D eigenvalue weighted by Gasteiger charge is -2.25. The molecule has 0 unspecified atom stereocenters. The van der Waals surface area contributed by atoms with Crippen molar-refractivity contribution in [3.63, 3.8) is 0 Å². The summed E-state index contributed by atoms with van der Waals surface area (Å²) in [5.74, 6) is -1.80. The van der Waals surface area contributed by atoms with Crippen LogP contribution in [0.5, 0.6) is 0 Å². The van der Waals surface area contributed by atoms with E-state index >= 15 is 0 Å². The normalized spacial score (nSPS) is 14.8. The van der Waals surface area contributed by atoms with Crippen LogP contribution in [0.3, 0.4) is 0 Å². The number of sulfone groups is 2. The highest BCUT2D eigenvalue weighted by molar-refractivity contribution is 7.91. The highest BCUT2D eigenvalue weighted by Gasteiger charge is 2.55. The van der Waals surface area contributed by atoms with Crippen molar-refractivity contribution in [2.45, 2.75) is 33.4 Å². The largest absolute Gasteiger partial charge is 0.426 e. The van der Waals surface area contributed by atoms with Crippen molar-refractivity contribution in [1.29, 1.82) is 0 Å². The maximum Gasteiger partial charge on any atom is 0.426 e. The van der Waals surface area contributed by atoms with E-state index in [-0.39, 0.29) is 27.3 Å². The Morgan fingerprint density at radius 3 is 1.87 bits per heavy atom. The van der Waals surface area contributed by atoms with Crippen LogP contribution in [-0.4, -0.2) is 45.9 Å². The van der Waals surface area contributed by atoms with Crippen molar-refractivity contribution < 1.29 is 39.9 Å². The zero-order valence-electron chi connectivity index (χ0n) is 15.4. The summed E-state index contributed by atoms with van der Waals surface area (Å²) in [7, 11) is -7.67. The first-order chi connectivity index (χ1) is 13.5. The summed E-state index contributed by atoms with van der Waals surface area (Å²) in [4.78, 5) is 11.1. The van der Waals surface area contributed by atoms with Crippen LogP contribution < -0.4 is 5.32 Å². The second-order valence-corrected chi connectivity index (χ2v) is 10.8. The molecule has 2 aromatic carbocycles. The zero-order valence-corrected chi connectivity index (χ0v) is 17.7. The van der Waals surface area contributed by atoms with Crippen LogP contribution in [0, 0.1) is 0 Å². The monoisotopic (exact) mass is 485 g/mol. The number of alkyl halides is 3. The molecule has 0 spiro atoms. The molecule has 164 valence electrons. The third kappa shape index (κ3) is 4.77. The summed E-state index contributed by atoms with van der Waals surface area (Å²) in [6.07, 6.45) is -4.29. The molecule has 0 heterocycles. The fraction of sp³-hybridized carbons (Fsp3) is 0.235. The highest BCUT2D eigenvalue weighted by atomic mass is 35.5. The lowest BCUT2D eigenvalue weighted by atomic mass is 10.1. The maximum atomic E-state index is 12.7. The van der Waals surface area contributed by atoms with Gasteiger partial charge >= 0.3 is 6.18 Å². The van der Waals surface area contributed by atoms with Crippen LogP contribution in [0.15, 0.2) is 57.2 Å². The van der Waals surface area contributed by atoms with Crippen LogP contribution in [0.25, 0.3) is 0 Å². The van der Waals surface area contributed by atoms with E-state index in [0.717, 1.165) is 48.7 Å². The Morgan fingerprint density at radius 2 is 1.43 bits per heavy atom. The molecule has 0 aliphatic rings. The van der Waals surface area contributed by atoms with Crippen molar-refractivity contribution >= 4 is 42.9 Å². The van der Waals surface area contributed by atoms with Gasteiger partial charge in [0.25, 0.3) is 5.91 Å². The predicted molar refractivity (Wildman–Crippen MR) is 102 cm³/mol. The third-order valence-corrected chi connectivity index (χ3v) is 7.26. The summed E-state index contributed by atoms with van der Waals surface area (Å²) in [6, 6.07) is 7.23. The summed E-state index contributed by atoms with van der Waals surface area (Å²) < 4.78 is 86.5. The van der Waals surface area contributed by atoms with Gasteiger partial charge in [-0.25, -0.2) is 16.8 Å². The number of carbonyl (C=O) groups excluding carboxylic acids is 1. The van der Waals surface area contributed by atoms with Gasteiger partial charge in [-0.15, -0.1) is 0 Å². The molecule has 7 nitrogen and oxygen atoms in total. The van der Waals surface area contributed by atoms with Crippen LogP contribution in [0.4, 0.5) is 18.9 Å². The molecule has 30 heavy (non-hydrogen) atoms. The predicted octanol–water partition coefficient (Wildman–Crippen LogP) is 2.83. The summed E-state index contributed by atoms with van der Waals surface area (Å²) in [5.41, 5.74) is -4.04. The maximum absolute atomic E-state index is 12.7. The first-order valence-electron chi connectivity index (χ1n) is 7.93. The molecule has 13 heteroatoms. The van der Waals surface area contributed by atoms with Gasteiger partial charge in [0.2, 0.25) is 15.4 Å². The van der Waals surface area contributed by atoms with Gasteiger partial charge in [0, 0.05) is 6.26 Å². The highest BCUT2D eigenvalue weighted by Crippen LogP contribution is 2.33. The molecule has 0 saturated heterocycles. The molecule has 0 aromatic heterocycles. The molecule has 1 amide bonds. The lowest BCUT2D eigenvalue weighted by Crippen LogP contribution is -2.52. The van der Waals surface area contributed by atoms with E-state index in [1.165, 1.54) is 0 Å². The molecule has 2 N–H and O–H groups in total. The minimum Gasteiger partial charge on any atom is -0.373 e. The van der Waals surface area contributed by atoms with E-state index in [4.69, 9.17) is 11.6 Å². The van der Waals surface area contributed by atoms with E-state index in [1.54, 1.807) is 5.32 Å². The fourth-order valence-corrected chi connectivity index (χ4v) is 4.35. The van der Waals surface area contributed by atoms with Crippen LogP contribution >= 0.6 is 11.6 Å². The number of aliphatic hydroxyl groups is 1. The molecule has 2 aromatic rings. The van der Waals surface area contributed by atoms with Crippen molar-refractivity contribution in [3.8, 4) is 0 Å². The van der Waals surface area contributed by atoms with Gasteiger partial charge in [0.05, 0.1) is 25.4 Å². The van der Waals surface area contributed by atoms with E-state index in [0.29, 0.717) is 0 Å². The molecule has 0 saturated carbocycles. The van der Waals surface area contributed by atoms with Gasteiger partial charge in [-0.1, -0.05) is 11.6 Å². The van der Waals surface area contributed by atoms with E-state index in [1.807, 2.05) is 0 Å². The van der Waals surface area contributed by atoms with Gasteiger partial charge in [-0.3, -0.25) is 4.79 Å². The van der Waals surface area contributed by atoms with Gasteiger partial charge in [0.15, 0.2) is 9.84 Å². The minimum atomic E-state index is -5.25. The van der Waals surface area contributed by atoms with Gasteiger partial charge in [-0.05, 0) is 49.4 Å². The Morgan fingerprint density at radius 1 is 0.967 bits per heavy atom. The Bertz CT molecular complexity index is 1190. The Hall–Kier alpha value is -2.15. The van der Waals surface area contributed by atoms with E-state index < -0.39 is 42.4 Å². The van der Waals surface area contributed by atoms with Gasteiger partial charge in [-0.2, -0.15) is 13.2 Å². The SMILES string of the molecule is C[C@@](O)(C(=O)Nc1ccc(S(=O)(=O)c2ccc(S(C)(=O)=O)cc2)cc1Cl)C(F)(F)F. The summed E-state index contributed by atoms with van der Waals surface area (Å²) in [6.45, 7) is 0.259. The molecular formula is C17H15ClF3NO6S2. The smallest absolute Gasteiger partial charge is 0.373 e. The number of hydrogen-bond acceptors (Lipinski definition) is 6. The Labute approximate surface area is 175 Å². The topological polar surface area (TPSA) is 118 Å². The second kappa shape index (κ2) is 7.84. The van der Waals surface area contributed by atoms with Crippen molar-refractivity contribution in [2.75, 3.05) is 11.6 Å². The average molecular weight is 486 g/mol. The number of benzene rings is 2. The van der Waals surface area contributed by atoms with Crippen LogP contribution in [-0.2, 0) is 24.5 Å². The molecule has 0 aliphatic heterocycles. The van der Waals surface area contributed by atoms with Gasteiger partial charge in [0.1, 0.15) is 0 Å². The summed E-state index contributed by atoms with van der Waals surface area (Å²) in [5, 5.41) is 10.8. The van der Waals surface area contributed by atoms with Crippen LogP contribution in [0.2, 0.25) is 5.02 Å². The lowest BCUT2D eigenvalue weighted by molar-refractivity contribution is -0.242. The Balaban J connectivity index is 2.35. The number of carbonyl (C=O) groups is 1. The van der Waals surface area contributed by atoms with E-state index in [9.17, 15) is 39.9 Å². The van der Waals surface area contributed by atoms with Crippen molar-refractivity contribution in [2.24, 2.45) is 0 Å². The quantitative estimate of drug-likeness (QED) is 0.672. The molecular weight excluding hydrogens is 471 g/mol. The number of hydrogen-bond donors (Lipinski definition) is 2. The average Bonchev–Trinajstić information content (AvgIpc) is 2.61. The number of rotatable bonds is 5.